The Balaban J connectivity index is 1.91. The number of benzene rings is 1. The summed E-state index contributed by atoms with van der Waals surface area (Å²) in [6, 6.07) is 8.68. The van der Waals surface area contributed by atoms with Crippen LogP contribution >= 0.6 is 11.6 Å². The number of ether oxygens (including phenoxy) is 1. The average molecular weight is 307 g/mol. The molecule has 5 heteroatoms. The summed E-state index contributed by atoms with van der Waals surface area (Å²) in [6.07, 6.45) is 0.875. The molecule has 21 heavy (non-hydrogen) atoms. The van der Waals surface area contributed by atoms with Crippen molar-refractivity contribution in [2.45, 2.75) is 18.6 Å². The molecule has 2 aliphatic heterocycles. The predicted octanol–water partition coefficient (Wildman–Crippen LogP) is 3.25. The zero-order chi connectivity index (χ0) is 14.6. The van der Waals surface area contributed by atoms with Gasteiger partial charge in [-0.3, -0.25) is 0 Å². The molecule has 3 heterocycles. The Morgan fingerprint density at radius 3 is 2.90 bits per heavy atom. The zero-order valence-corrected chi connectivity index (χ0v) is 12.5. The molecule has 1 fully saturated rings. The van der Waals surface area contributed by atoms with E-state index in [1.807, 2.05) is 12.1 Å². The molecular weight excluding hydrogens is 291 g/mol. The molecule has 0 radical (unpaired) electrons. The highest BCUT2D eigenvalue weighted by Gasteiger charge is 2.45. The number of rotatable bonds is 0. The summed E-state index contributed by atoms with van der Waals surface area (Å²) in [6.45, 7) is 2.35. The van der Waals surface area contributed by atoms with Gasteiger partial charge in [0.2, 0.25) is 0 Å². The molecule has 0 amide bonds. The molecule has 0 bridgehead atoms. The molecule has 0 aliphatic carbocycles. The van der Waals surface area contributed by atoms with Crippen molar-refractivity contribution < 1.29 is 9.13 Å². The molecule has 0 N–H and O–H groups in total. The number of halogens is 2. The van der Waals surface area contributed by atoms with Crippen molar-refractivity contribution in [1.82, 2.24) is 9.47 Å². The maximum atomic E-state index is 13.6. The number of likely N-dealkylation sites (N-methyl/N-ethyl adjacent to an activating group) is 1. The predicted molar refractivity (Wildman–Crippen MR) is 79.4 cm³/mol. The first kappa shape index (κ1) is 13.2. The number of hydrogen-bond acceptors (Lipinski definition) is 2. The molecule has 1 unspecified atom stereocenters. The van der Waals surface area contributed by atoms with Crippen molar-refractivity contribution in [2.24, 2.45) is 0 Å². The topological polar surface area (TPSA) is 17.4 Å². The van der Waals surface area contributed by atoms with Gasteiger partial charge in [-0.25, -0.2) is 4.39 Å². The van der Waals surface area contributed by atoms with E-state index in [0.717, 1.165) is 30.8 Å². The van der Waals surface area contributed by atoms with Gasteiger partial charge in [0.25, 0.3) is 0 Å². The van der Waals surface area contributed by atoms with Crippen LogP contribution in [-0.4, -0.2) is 29.6 Å². The van der Waals surface area contributed by atoms with Crippen LogP contribution in [0.1, 0.15) is 17.7 Å². The van der Waals surface area contributed by atoms with Gasteiger partial charge in [0.15, 0.2) is 5.60 Å². The molecule has 110 valence electrons. The maximum Gasteiger partial charge on any atom is 0.162 e. The molecule has 1 spiro atoms. The summed E-state index contributed by atoms with van der Waals surface area (Å²) in [5, 5.41) is 0.694. The van der Waals surface area contributed by atoms with Gasteiger partial charge in [0, 0.05) is 31.1 Å². The fraction of sp³-hybridized carbons (Fsp3) is 0.375. The van der Waals surface area contributed by atoms with Gasteiger partial charge < -0.3 is 14.2 Å². The molecule has 1 saturated heterocycles. The lowest BCUT2D eigenvalue weighted by molar-refractivity contribution is 0.0732. The fourth-order valence-electron chi connectivity index (χ4n) is 3.45. The summed E-state index contributed by atoms with van der Waals surface area (Å²) >= 11 is 6.35. The van der Waals surface area contributed by atoms with E-state index in [0.29, 0.717) is 17.4 Å². The number of aromatic nitrogens is 1. The van der Waals surface area contributed by atoms with Crippen LogP contribution in [0.5, 0.6) is 5.75 Å². The summed E-state index contributed by atoms with van der Waals surface area (Å²) in [4.78, 5) is 2.23. The third-order valence-electron chi connectivity index (χ3n) is 4.48. The first-order valence-electron chi connectivity index (χ1n) is 7.09. The molecule has 4 rings (SSSR count). The van der Waals surface area contributed by atoms with Gasteiger partial charge in [-0.15, -0.1) is 0 Å². The van der Waals surface area contributed by atoms with E-state index in [1.54, 1.807) is 6.07 Å². The molecule has 1 aromatic heterocycles. The van der Waals surface area contributed by atoms with Crippen LogP contribution in [0.2, 0.25) is 5.15 Å². The van der Waals surface area contributed by atoms with E-state index in [2.05, 4.69) is 16.5 Å². The minimum Gasteiger partial charge on any atom is -0.479 e. The van der Waals surface area contributed by atoms with E-state index in [-0.39, 0.29) is 5.82 Å². The number of hydrogen-bond donors (Lipinski definition) is 0. The SMILES string of the molecule is CN1CCC2(C1)Oc1cc(F)ccc1Cn1c(Cl)ccc12. The summed E-state index contributed by atoms with van der Waals surface area (Å²) in [7, 11) is 2.07. The van der Waals surface area contributed by atoms with Crippen LogP contribution in [0.15, 0.2) is 30.3 Å². The Morgan fingerprint density at radius 1 is 1.29 bits per heavy atom. The van der Waals surface area contributed by atoms with E-state index in [4.69, 9.17) is 16.3 Å². The lowest BCUT2D eigenvalue weighted by Crippen LogP contribution is -2.37. The van der Waals surface area contributed by atoms with E-state index in [9.17, 15) is 4.39 Å². The van der Waals surface area contributed by atoms with E-state index >= 15 is 0 Å². The second-order valence-corrected chi connectivity index (χ2v) is 6.35. The van der Waals surface area contributed by atoms with Crippen molar-refractivity contribution in [2.75, 3.05) is 20.1 Å². The smallest absolute Gasteiger partial charge is 0.162 e. The van der Waals surface area contributed by atoms with Crippen LogP contribution in [0.4, 0.5) is 4.39 Å². The zero-order valence-electron chi connectivity index (χ0n) is 11.8. The standard InChI is InChI=1S/C16H16ClFN2O/c1-19-7-6-16(10-19)14-4-5-15(17)20(14)9-11-2-3-12(18)8-13(11)21-16/h2-5,8H,6-7,9-10H2,1H3. The lowest BCUT2D eigenvalue weighted by atomic mass is 9.98. The summed E-state index contributed by atoms with van der Waals surface area (Å²) in [5.74, 6) is 0.359. The lowest BCUT2D eigenvalue weighted by Gasteiger charge is -2.29. The van der Waals surface area contributed by atoms with Crippen LogP contribution in [0.25, 0.3) is 0 Å². The summed E-state index contributed by atoms with van der Waals surface area (Å²) in [5.41, 5.74) is 1.59. The molecule has 2 aliphatic rings. The van der Waals surface area contributed by atoms with E-state index < -0.39 is 5.60 Å². The Labute approximate surface area is 127 Å². The second-order valence-electron chi connectivity index (χ2n) is 5.96. The minimum absolute atomic E-state index is 0.270. The number of likely N-dealkylation sites (tertiary alicyclic amines) is 1. The Hall–Kier alpha value is -1.52. The first-order chi connectivity index (χ1) is 10.1. The fourth-order valence-corrected chi connectivity index (χ4v) is 3.66. The van der Waals surface area contributed by atoms with Gasteiger partial charge in [-0.05, 0) is 25.2 Å². The molecule has 1 aromatic carbocycles. The summed E-state index contributed by atoms with van der Waals surface area (Å²) < 4.78 is 22.0. The largest absolute Gasteiger partial charge is 0.479 e. The maximum absolute atomic E-state index is 13.6. The highest BCUT2D eigenvalue weighted by atomic mass is 35.5. The Morgan fingerprint density at radius 2 is 2.14 bits per heavy atom. The highest BCUT2D eigenvalue weighted by molar-refractivity contribution is 6.29. The van der Waals surface area contributed by atoms with Crippen molar-refractivity contribution in [3.8, 4) is 5.75 Å². The number of fused-ring (bicyclic) bond motifs is 3. The van der Waals surface area contributed by atoms with Gasteiger partial charge in [-0.2, -0.15) is 0 Å². The Kier molecular flexibility index (Phi) is 2.81. The van der Waals surface area contributed by atoms with Crippen LogP contribution < -0.4 is 4.74 Å². The van der Waals surface area contributed by atoms with E-state index in [1.165, 1.54) is 12.1 Å². The second kappa shape index (κ2) is 4.49. The molecule has 3 nitrogen and oxygen atoms in total. The third kappa shape index (κ3) is 1.97. The van der Waals surface area contributed by atoms with Gasteiger partial charge in [0.05, 0.1) is 12.2 Å². The average Bonchev–Trinajstić information content (AvgIpc) is 2.94. The first-order valence-corrected chi connectivity index (χ1v) is 7.47. The molecule has 1 atom stereocenters. The normalized spacial score (nSPS) is 24.5. The van der Waals surface area contributed by atoms with Crippen molar-refractivity contribution >= 4 is 11.6 Å². The van der Waals surface area contributed by atoms with Crippen molar-refractivity contribution in [3.05, 3.63) is 52.6 Å². The quantitative estimate of drug-likeness (QED) is 0.743. The van der Waals surface area contributed by atoms with Crippen LogP contribution in [0, 0.1) is 5.82 Å². The van der Waals surface area contributed by atoms with Crippen LogP contribution in [-0.2, 0) is 12.1 Å². The van der Waals surface area contributed by atoms with Gasteiger partial charge >= 0.3 is 0 Å². The molecular formula is C16H16ClFN2O. The minimum atomic E-state index is -0.444. The van der Waals surface area contributed by atoms with Crippen LogP contribution in [0.3, 0.4) is 0 Å². The van der Waals surface area contributed by atoms with Crippen molar-refractivity contribution in [3.63, 3.8) is 0 Å². The highest BCUT2D eigenvalue weighted by Crippen LogP contribution is 2.42. The number of nitrogens with zero attached hydrogens (tertiary/aromatic N) is 2. The molecule has 0 saturated carbocycles. The van der Waals surface area contributed by atoms with Gasteiger partial charge in [-0.1, -0.05) is 17.7 Å². The molecule has 2 aromatic rings. The third-order valence-corrected chi connectivity index (χ3v) is 4.81. The monoisotopic (exact) mass is 306 g/mol. The van der Waals surface area contributed by atoms with Crippen molar-refractivity contribution in [1.29, 1.82) is 0 Å². The van der Waals surface area contributed by atoms with Gasteiger partial charge in [0.1, 0.15) is 16.7 Å². The Bertz CT molecular complexity index is 714.